The zero-order chi connectivity index (χ0) is 19.3. The van der Waals surface area contributed by atoms with Gasteiger partial charge in [-0.05, 0) is 39.0 Å². The van der Waals surface area contributed by atoms with E-state index >= 15 is 0 Å². The highest BCUT2D eigenvalue weighted by Gasteiger charge is 2.17. The topological polar surface area (TPSA) is 97.3 Å². The van der Waals surface area contributed by atoms with Crippen LogP contribution in [0.5, 0.6) is 5.75 Å². The molecule has 1 atom stereocenters. The average molecular weight is 359 g/mol. The summed E-state index contributed by atoms with van der Waals surface area (Å²) in [5.74, 6) is 0.830. The number of nitrogens with zero attached hydrogens (tertiary/aromatic N) is 2. The quantitative estimate of drug-likeness (QED) is 0.706. The van der Waals surface area contributed by atoms with Gasteiger partial charge in [-0.3, -0.25) is 9.59 Å². The third kappa shape index (κ3) is 4.75. The number of hydrogen-bond donors (Lipinski definition) is 3. The van der Waals surface area contributed by atoms with E-state index in [-0.39, 0.29) is 17.9 Å². The van der Waals surface area contributed by atoms with Gasteiger partial charge in [-0.2, -0.15) is 5.10 Å². The third-order valence-electron chi connectivity index (χ3n) is 3.70. The van der Waals surface area contributed by atoms with Gasteiger partial charge < -0.3 is 20.7 Å². The zero-order valence-electron chi connectivity index (χ0n) is 15.7. The van der Waals surface area contributed by atoms with Gasteiger partial charge in [0, 0.05) is 24.7 Å². The van der Waals surface area contributed by atoms with Crippen LogP contribution in [0.25, 0.3) is 0 Å². The summed E-state index contributed by atoms with van der Waals surface area (Å²) in [6, 6.07) is 6.54. The first-order valence-corrected chi connectivity index (χ1v) is 8.38. The first-order valence-electron chi connectivity index (χ1n) is 8.38. The van der Waals surface area contributed by atoms with Crippen LogP contribution < -0.4 is 20.7 Å². The van der Waals surface area contributed by atoms with Crippen molar-refractivity contribution in [1.82, 2.24) is 9.78 Å². The Bertz CT molecular complexity index is 785. The molecule has 0 unspecified atom stereocenters. The fourth-order valence-electron chi connectivity index (χ4n) is 2.46. The second kappa shape index (κ2) is 8.37. The van der Waals surface area contributed by atoms with Crippen LogP contribution in [0.3, 0.4) is 0 Å². The monoisotopic (exact) mass is 359 g/mol. The van der Waals surface area contributed by atoms with E-state index in [0.29, 0.717) is 22.9 Å². The molecule has 2 rings (SSSR count). The molecule has 26 heavy (non-hydrogen) atoms. The minimum absolute atomic E-state index is 0.137. The van der Waals surface area contributed by atoms with Gasteiger partial charge in [0.2, 0.25) is 11.8 Å². The molecule has 8 nitrogen and oxygen atoms in total. The Morgan fingerprint density at radius 3 is 2.50 bits per heavy atom. The summed E-state index contributed by atoms with van der Waals surface area (Å²) in [5, 5.41) is 12.9. The van der Waals surface area contributed by atoms with E-state index in [0.717, 1.165) is 0 Å². The van der Waals surface area contributed by atoms with E-state index in [1.165, 1.54) is 6.92 Å². The number of aromatic nitrogens is 2. The predicted molar refractivity (Wildman–Crippen MR) is 102 cm³/mol. The number of rotatable bonds is 7. The number of carbonyl (C=O) groups is 2. The molecule has 3 N–H and O–H groups in total. The van der Waals surface area contributed by atoms with Gasteiger partial charge in [0.25, 0.3) is 0 Å². The van der Waals surface area contributed by atoms with Crippen molar-refractivity contribution in [3.8, 4) is 5.75 Å². The van der Waals surface area contributed by atoms with Gasteiger partial charge in [-0.25, -0.2) is 4.68 Å². The lowest BCUT2D eigenvalue weighted by molar-refractivity contribution is -0.116. The summed E-state index contributed by atoms with van der Waals surface area (Å²) in [6.07, 6.45) is 1.65. The maximum absolute atomic E-state index is 12.5. The standard InChI is InChI=1S/C18H25N5O3/c1-11(2)23-17(8-9-19-23)22-18(25)12(3)20-15-10-14(21-13(4)24)6-7-16(15)26-5/h6-12,20H,1-5H3,(H,21,24)(H,22,25)/t12-/m1/s1. The summed E-state index contributed by atoms with van der Waals surface area (Å²) in [6.45, 7) is 7.16. The number of methoxy groups -OCH3 is 1. The molecule has 1 aromatic heterocycles. The van der Waals surface area contributed by atoms with Crippen LogP contribution in [0.4, 0.5) is 17.2 Å². The summed E-state index contributed by atoms with van der Waals surface area (Å²) >= 11 is 0. The number of ether oxygens (including phenoxy) is 1. The van der Waals surface area contributed by atoms with E-state index in [4.69, 9.17) is 4.74 Å². The van der Waals surface area contributed by atoms with Crippen molar-refractivity contribution >= 4 is 29.0 Å². The molecule has 1 heterocycles. The number of benzene rings is 1. The lowest BCUT2D eigenvalue weighted by Crippen LogP contribution is -2.33. The van der Waals surface area contributed by atoms with Crippen molar-refractivity contribution in [1.29, 1.82) is 0 Å². The van der Waals surface area contributed by atoms with Gasteiger partial charge in [0.05, 0.1) is 19.0 Å². The van der Waals surface area contributed by atoms with Crippen LogP contribution in [0.15, 0.2) is 30.5 Å². The van der Waals surface area contributed by atoms with Crippen LogP contribution in [0.2, 0.25) is 0 Å². The fourth-order valence-corrected chi connectivity index (χ4v) is 2.46. The Labute approximate surface area is 152 Å². The molecule has 0 radical (unpaired) electrons. The van der Waals surface area contributed by atoms with Crippen molar-refractivity contribution in [2.24, 2.45) is 0 Å². The number of amides is 2. The normalized spacial score (nSPS) is 11.8. The molecule has 2 aromatic rings. The van der Waals surface area contributed by atoms with Crippen molar-refractivity contribution in [3.05, 3.63) is 30.5 Å². The number of carbonyl (C=O) groups excluding carboxylic acids is 2. The fraction of sp³-hybridized carbons (Fsp3) is 0.389. The molecule has 0 aliphatic rings. The Morgan fingerprint density at radius 1 is 1.15 bits per heavy atom. The first kappa shape index (κ1) is 19.3. The second-order valence-corrected chi connectivity index (χ2v) is 6.21. The summed E-state index contributed by atoms with van der Waals surface area (Å²) in [4.78, 5) is 23.8. The second-order valence-electron chi connectivity index (χ2n) is 6.21. The van der Waals surface area contributed by atoms with Crippen LogP contribution >= 0.6 is 0 Å². The Balaban J connectivity index is 2.12. The number of anilines is 3. The molecule has 0 aliphatic carbocycles. The van der Waals surface area contributed by atoms with Crippen LogP contribution in [0.1, 0.15) is 33.7 Å². The van der Waals surface area contributed by atoms with E-state index < -0.39 is 6.04 Å². The molecule has 8 heteroatoms. The molecule has 0 spiro atoms. The van der Waals surface area contributed by atoms with Gasteiger partial charge in [-0.15, -0.1) is 0 Å². The van der Waals surface area contributed by atoms with E-state index in [1.807, 2.05) is 13.8 Å². The van der Waals surface area contributed by atoms with Crippen molar-refractivity contribution in [2.75, 3.05) is 23.1 Å². The first-order chi connectivity index (χ1) is 12.3. The summed E-state index contributed by atoms with van der Waals surface area (Å²) in [5.41, 5.74) is 1.23. The highest BCUT2D eigenvalue weighted by Crippen LogP contribution is 2.28. The molecule has 0 saturated carbocycles. The molecular formula is C18H25N5O3. The molecule has 1 aromatic carbocycles. The third-order valence-corrected chi connectivity index (χ3v) is 3.70. The molecule has 0 aliphatic heterocycles. The van der Waals surface area contributed by atoms with Crippen molar-refractivity contribution in [2.45, 2.75) is 39.8 Å². The highest BCUT2D eigenvalue weighted by atomic mass is 16.5. The molecule has 0 fully saturated rings. The molecule has 140 valence electrons. The van der Waals surface area contributed by atoms with E-state index in [1.54, 1.807) is 49.2 Å². The minimum atomic E-state index is -0.535. The van der Waals surface area contributed by atoms with E-state index in [9.17, 15) is 9.59 Å². The maximum atomic E-state index is 12.5. The minimum Gasteiger partial charge on any atom is -0.495 e. The molecule has 0 bridgehead atoms. The Kier molecular flexibility index (Phi) is 6.21. The average Bonchev–Trinajstić information content (AvgIpc) is 3.03. The molecule has 2 amide bonds. The SMILES string of the molecule is COc1ccc(NC(C)=O)cc1N[C@H](C)C(=O)Nc1ccnn1C(C)C. The summed E-state index contributed by atoms with van der Waals surface area (Å²) < 4.78 is 7.06. The molecule has 0 saturated heterocycles. The molecular weight excluding hydrogens is 334 g/mol. The summed E-state index contributed by atoms with van der Waals surface area (Å²) in [7, 11) is 1.55. The van der Waals surface area contributed by atoms with Crippen molar-refractivity contribution in [3.63, 3.8) is 0 Å². The lowest BCUT2D eigenvalue weighted by atomic mass is 10.2. The predicted octanol–water partition coefficient (Wildman–Crippen LogP) is 2.87. The van der Waals surface area contributed by atoms with Gasteiger partial charge >= 0.3 is 0 Å². The maximum Gasteiger partial charge on any atom is 0.247 e. The highest BCUT2D eigenvalue weighted by molar-refractivity contribution is 5.96. The number of hydrogen-bond acceptors (Lipinski definition) is 5. The van der Waals surface area contributed by atoms with Crippen LogP contribution in [-0.4, -0.2) is 34.7 Å². The Morgan fingerprint density at radius 2 is 1.88 bits per heavy atom. The lowest BCUT2D eigenvalue weighted by Gasteiger charge is -2.19. The van der Waals surface area contributed by atoms with E-state index in [2.05, 4.69) is 21.0 Å². The van der Waals surface area contributed by atoms with Gasteiger partial charge in [0.1, 0.15) is 17.6 Å². The number of nitrogens with one attached hydrogen (secondary N) is 3. The van der Waals surface area contributed by atoms with Crippen molar-refractivity contribution < 1.29 is 14.3 Å². The largest absolute Gasteiger partial charge is 0.495 e. The van der Waals surface area contributed by atoms with Crippen LogP contribution in [0, 0.1) is 0 Å². The van der Waals surface area contributed by atoms with Gasteiger partial charge in [-0.1, -0.05) is 0 Å². The van der Waals surface area contributed by atoms with Gasteiger partial charge in [0.15, 0.2) is 0 Å². The smallest absolute Gasteiger partial charge is 0.247 e. The zero-order valence-corrected chi connectivity index (χ0v) is 15.7. The Hall–Kier alpha value is -3.03. The van der Waals surface area contributed by atoms with Crippen LogP contribution in [-0.2, 0) is 9.59 Å².